The molecular formula is C24H20N6O3. The molecule has 0 spiro atoms. The SMILES string of the molecule is CCn1cc(-n2ccc(=O)c(COc3ccc4ncc(Oc5ccccn5)cc4c3)n2)cn1. The van der Waals surface area contributed by atoms with E-state index in [0.717, 1.165) is 23.1 Å². The summed E-state index contributed by atoms with van der Waals surface area (Å²) < 4.78 is 15.0. The minimum atomic E-state index is -0.192. The molecule has 0 radical (unpaired) electrons. The monoisotopic (exact) mass is 440 g/mol. The van der Waals surface area contributed by atoms with Crippen LogP contribution in [0.3, 0.4) is 0 Å². The van der Waals surface area contributed by atoms with Gasteiger partial charge in [-0.15, -0.1) is 0 Å². The second kappa shape index (κ2) is 8.91. The van der Waals surface area contributed by atoms with Gasteiger partial charge < -0.3 is 9.47 Å². The Bertz CT molecular complexity index is 1460. The Labute approximate surface area is 188 Å². The Balaban J connectivity index is 1.35. The molecule has 0 N–H and O–H groups in total. The first kappa shape index (κ1) is 20.4. The quantitative estimate of drug-likeness (QED) is 0.380. The van der Waals surface area contributed by atoms with E-state index >= 15 is 0 Å². The average molecular weight is 440 g/mol. The summed E-state index contributed by atoms with van der Waals surface area (Å²) in [7, 11) is 0. The zero-order valence-electron chi connectivity index (χ0n) is 17.8. The van der Waals surface area contributed by atoms with Gasteiger partial charge in [-0.25, -0.2) is 9.67 Å². The molecule has 0 bridgehead atoms. The first-order chi connectivity index (χ1) is 16.2. The second-order valence-corrected chi connectivity index (χ2v) is 7.21. The predicted molar refractivity (Wildman–Crippen MR) is 122 cm³/mol. The van der Waals surface area contributed by atoms with E-state index in [1.165, 1.54) is 6.07 Å². The largest absolute Gasteiger partial charge is 0.487 e. The Hall–Kier alpha value is -4.53. The van der Waals surface area contributed by atoms with Crippen molar-refractivity contribution in [2.24, 2.45) is 0 Å². The van der Waals surface area contributed by atoms with E-state index < -0.39 is 0 Å². The van der Waals surface area contributed by atoms with E-state index in [2.05, 4.69) is 20.2 Å². The summed E-state index contributed by atoms with van der Waals surface area (Å²) in [5.41, 5.74) is 1.68. The fraction of sp³-hybridized carbons (Fsp3) is 0.125. The predicted octanol–water partition coefficient (Wildman–Crippen LogP) is 3.76. The Morgan fingerprint density at radius 2 is 1.91 bits per heavy atom. The number of ether oxygens (including phenoxy) is 2. The summed E-state index contributed by atoms with van der Waals surface area (Å²) in [5, 5.41) is 9.50. The number of hydrogen-bond donors (Lipinski definition) is 0. The minimum absolute atomic E-state index is 0.0324. The first-order valence-electron chi connectivity index (χ1n) is 10.4. The van der Waals surface area contributed by atoms with Gasteiger partial charge >= 0.3 is 0 Å². The van der Waals surface area contributed by atoms with Gasteiger partial charge in [-0.2, -0.15) is 10.2 Å². The van der Waals surface area contributed by atoms with Gasteiger partial charge in [0.15, 0.2) is 0 Å². The Kier molecular flexibility index (Phi) is 5.50. The molecule has 164 valence electrons. The molecule has 4 heterocycles. The number of pyridine rings is 2. The molecule has 0 unspecified atom stereocenters. The molecule has 0 saturated heterocycles. The maximum Gasteiger partial charge on any atom is 0.219 e. The third-order valence-electron chi connectivity index (χ3n) is 4.95. The van der Waals surface area contributed by atoms with Crippen molar-refractivity contribution >= 4 is 10.9 Å². The van der Waals surface area contributed by atoms with Crippen LogP contribution in [-0.2, 0) is 13.2 Å². The van der Waals surface area contributed by atoms with Gasteiger partial charge in [-0.1, -0.05) is 6.07 Å². The number of hydrogen-bond acceptors (Lipinski definition) is 7. The maximum absolute atomic E-state index is 12.3. The van der Waals surface area contributed by atoms with E-state index in [-0.39, 0.29) is 12.0 Å². The smallest absolute Gasteiger partial charge is 0.219 e. The maximum atomic E-state index is 12.3. The van der Waals surface area contributed by atoms with Gasteiger partial charge in [0.05, 0.1) is 24.1 Å². The van der Waals surface area contributed by atoms with Crippen molar-refractivity contribution in [2.75, 3.05) is 0 Å². The molecule has 0 amide bonds. The molecule has 1 aromatic carbocycles. The molecule has 0 aliphatic heterocycles. The van der Waals surface area contributed by atoms with E-state index in [9.17, 15) is 4.79 Å². The van der Waals surface area contributed by atoms with Crippen LogP contribution in [0.25, 0.3) is 16.6 Å². The summed E-state index contributed by atoms with van der Waals surface area (Å²) in [6.07, 6.45) is 8.50. The summed E-state index contributed by atoms with van der Waals surface area (Å²) in [6.45, 7) is 2.79. The van der Waals surface area contributed by atoms with Crippen molar-refractivity contribution in [1.82, 2.24) is 29.5 Å². The lowest BCUT2D eigenvalue weighted by atomic mass is 10.2. The molecule has 33 heavy (non-hydrogen) atoms. The molecule has 0 aliphatic carbocycles. The third-order valence-corrected chi connectivity index (χ3v) is 4.95. The minimum Gasteiger partial charge on any atom is -0.487 e. The van der Waals surface area contributed by atoms with Crippen LogP contribution in [0, 0.1) is 0 Å². The Morgan fingerprint density at radius 3 is 2.73 bits per heavy atom. The van der Waals surface area contributed by atoms with E-state index in [1.807, 2.05) is 43.5 Å². The molecule has 0 fully saturated rings. The van der Waals surface area contributed by atoms with Gasteiger partial charge in [-0.05, 0) is 37.3 Å². The van der Waals surface area contributed by atoms with Crippen molar-refractivity contribution in [1.29, 1.82) is 0 Å². The van der Waals surface area contributed by atoms with Gasteiger partial charge in [-0.3, -0.25) is 14.5 Å². The van der Waals surface area contributed by atoms with Crippen LogP contribution in [0.1, 0.15) is 12.6 Å². The number of rotatable bonds is 7. The number of aromatic nitrogens is 6. The highest BCUT2D eigenvalue weighted by Crippen LogP contribution is 2.25. The summed E-state index contributed by atoms with van der Waals surface area (Å²) in [5.74, 6) is 1.65. The highest BCUT2D eigenvalue weighted by Gasteiger charge is 2.08. The van der Waals surface area contributed by atoms with Crippen LogP contribution in [-0.4, -0.2) is 29.5 Å². The lowest BCUT2D eigenvalue weighted by Crippen LogP contribution is -2.17. The molecule has 4 aromatic heterocycles. The zero-order chi connectivity index (χ0) is 22.6. The standard InChI is InChI=1S/C24H20N6O3/c1-2-29-15-18(13-27-29)30-10-8-23(31)22(28-30)16-32-19-6-7-21-17(11-19)12-20(14-26-21)33-24-5-3-4-9-25-24/h3-15H,2,16H2,1H3. The molecule has 0 aliphatic rings. The van der Waals surface area contributed by atoms with Crippen LogP contribution >= 0.6 is 0 Å². The summed E-state index contributed by atoms with van der Waals surface area (Å²) in [6, 6.07) is 14.3. The lowest BCUT2D eigenvalue weighted by Gasteiger charge is -2.09. The highest BCUT2D eigenvalue weighted by molar-refractivity contribution is 5.81. The van der Waals surface area contributed by atoms with Crippen LogP contribution in [0.15, 0.2) is 84.3 Å². The number of fused-ring (bicyclic) bond motifs is 1. The van der Waals surface area contributed by atoms with Crippen molar-refractivity contribution in [3.05, 3.63) is 95.4 Å². The molecular weight excluding hydrogens is 420 g/mol. The molecule has 5 rings (SSSR count). The van der Waals surface area contributed by atoms with Crippen LogP contribution in [0.4, 0.5) is 0 Å². The van der Waals surface area contributed by atoms with E-state index in [0.29, 0.717) is 23.1 Å². The van der Waals surface area contributed by atoms with Crippen LogP contribution in [0.2, 0.25) is 0 Å². The highest BCUT2D eigenvalue weighted by atomic mass is 16.5. The van der Waals surface area contributed by atoms with Gasteiger partial charge in [0.2, 0.25) is 11.3 Å². The second-order valence-electron chi connectivity index (χ2n) is 7.21. The zero-order valence-corrected chi connectivity index (χ0v) is 17.8. The molecule has 9 nitrogen and oxygen atoms in total. The van der Waals surface area contributed by atoms with Gasteiger partial charge in [0.25, 0.3) is 0 Å². The van der Waals surface area contributed by atoms with Crippen molar-refractivity contribution in [3.8, 4) is 23.1 Å². The van der Waals surface area contributed by atoms with Crippen molar-refractivity contribution in [3.63, 3.8) is 0 Å². The first-order valence-corrected chi connectivity index (χ1v) is 10.4. The number of benzene rings is 1. The summed E-state index contributed by atoms with van der Waals surface area (Å²) in [4.78, 5) is 20.9. The lowest BCUT2D eigenvalue weighted by molar-refractivity contribution is 0.298. The van der Waals surface area contributed by atoms with Gasteiger partial charge in [0, 0.05) is 36.5 Å². The fourth-order valence-corrected chi connectivity index (χ4v) is 3.25. The van der Waals surface area contributed by atoms with Crippen LogP contribution < -0.4 is 14.9 Å². The molecule has 0 saturated carbocycles. The topological polar surface area (TPSA) is 97.0 Å². The van der Waals surface area contributed by atoms with Gasteiger partial charge in [0.1, 0.15) is 29.5 Å². The number of aryl methyl sites for hydroxylation is 1. The third kappa shape index (κ3) is 4.57. The summed E-state index contributed by atoms with van der Waals surface area (Å²) >= 11 is 0. The van der Waals surface area contributed by atoms with E-state index in [1.54, 1.807) is 46.3 Å². The van der Waals surface area contributed by atoms with Crippen LogP contribution in [0.5, 0.6) is 17.4 Å². The van der Waals surface area contributed by atoms with Crippen molar-refractivity contribution in [2.45, 2.75) is 20.1 Å². The molecule has 0 atom stereocenters. The average Bonchev–Trinajstić information content (AvgIpc) is 3.33. The van der Waals surface area contributed by atoms with E-state index in [4.69, 9.17) is 9.47 Å². The Morgan fingerprint density at radius 1 is 1.00 bits per heavy atom. The molecule has 9 heteroatoms. The molecule has 5 aromatic rings. The fourth-order valence-electron chi connectivity index (χ4n) is 3.25. The normalized spacial score (nSPS) is 10.9. The number of nitrogens with zero attached hydrogens (tertiary/aromatic N) is 6. The van der Waals surface area contributed by atoms with Crippen molar-refractivity contribution < 1.29 is 9.47 Å².